The number of anilines is 1. The van der Waals surface area contributed by atoms with Gasteiger partial charge >= 0.3 is 0 Å². The van der Waals surface area contributed by atoms with E-state index in [1.165, 1.54) is 0 Å². The van der Waals surface area contributed by atoms with Crippen molar-refractivity contribution >= 4 is 30.8 Å². The molecule has 29 heavy (non-hydrogen) atoms. The fourth-order valence-corrected chi connectivity index (χ4v) is 3.77. The molecule has 3 aromatic rings. The molecule has 1 aliphatic heterocycles. The normalized spacial score (nSPS) is 16.2. The van der Waals surface area contributed by atoms with Crippen LogP contribution in [0.5, 0.6) is 0 Å². The summed E-state index contributed by atoms with van der Waals surface area (Å²) in [4.78, 5) is 27.2. The van der Waals surface area contributed by atoms with Crippen LogP contribution in [0.2, 0.25) is 0 Å². The Kier molecular flexibility index (Phi) is 5.21. The van der Waals surface area contributed by atoms with Crippen molar-refractivity contribution in [2.45, 2.75) is 25.3 Å². The van der Waals surface area contributed by atoms with Crippen molar-refractivity contribution in [3.63, 3.8) is 0 Å². The molecule has 146 valence electrons. The molecule has 0 saturated heterocycles. The van der Waals surface area contributed by atoms with E-state index in [0.29, 0.717) is 18.5 Å². The van der Waals surface area contributed by atoms with Crippen LogP contribution in [0.4, 0.5) is 5.69 Å². The van der Waals surface area contributed by atoms with E-state index in [1.807, 2.05) is 50.3 Å². The van der Waals surface area contributed by atoms with Gasteiger partial charge in [-0.15, -0.1) is 0 Å². The van der Waals surface area contributed by atoms with Crippen LogP contribution in [0.1, 0.15) is 33.7 Å². The van der Waals surface area contributed by atoms with Crippen LogP contribution in [0, 0.1) is 0 Å². The Bertz CT molecular complexity index is 1050. The number of rotatable bonds is 4. The smallest absolute Gasteiger partial charge is 0.272 e. The highest BCUT2D eigenvalue weighted by Crippen LogP contribution is 2.25. The molecule has 0 unspecified atom stereocenters. The molecule has 4 rings (SSSR count). The Morgan fingerprint density at radius 2 is 2.03 bits per heavy atom. The number of hydrogen-bond donors (Lipinski definition) is 2. The molecule has 0 bridgehead atoms. The topological polar surface area (TPSA) is 78.1 Å². The molecule has 0 radical (unpaired) electrons. The fraction of sp³-hybridized carbons (Fsp3) is 0.227. The molecule has 2 heterocycles. The van der Waals surface area contributed by atoms with Crippen LogP contribution in [-0.4, -0.2) is 42.9 Å². The third-order valence-corrected chi connectivity index (χ3v) is 5.33. The van der Waals surface area contributed by atoms with Crippen molar-refractivity contribution in [1.29, 1.82) is 0 Å². The molecule has 0 fully saturated rings. The van der Waals surface area contributed by atoms with Crippen molar-refractivity contribution in [2.75, 3.05) is 11.9 Å². The Balaban J connectivity index is 1.45. The largest absolute Gasteiger partial charge is 0.339 e. The number of H-pyrrole nitrogens is 1. The van der Waals surface area contributed by atoms with E-state index in [9.17, 15) is 9.59 Å². The van der Waals surface area contributed by atoms with E-state index in [0.717, 1.165) is 34.4 Å². The zero-order valence-corrected chi connectivity index (χ0v) is 16.6. The number of likely N-dealkylation sites (N-methyl/N-ethyl adjacent to an activating group) is 1. The van der Waals surface area contributed by atoms with Crippen LogP contribution < -0.4 is 15.7 Å². The third-order valence-electron chi connectivity index (χ3n) is 5.33. The van der Waals surface area contributed by atoms with Crippen molar-refractivity contribution in [3.05, 3.63) is 77.1 Å². The van der Waals surface area contributed by atoms with Crippen LogP contribution >= 0.6 is 0 Å². The minimum atomic E-state index is -0.575. The highest BCUT2D eigenvalue weighted by Gasteiger charge is 2.30. The number of nitrogens with zero attached hydrogens (tertiary/aromatic N) is 2. The minimum Gasteiger partial charge on any atom is -0.339 e. The lowest BCUT2D eigenvalue weighted by Gasteiger charge is -2.22. The van der Waals surface area contributed by atoms with Gasteiger partial charge in [-0.05, 0) is 36.1 Å². The zero-order chi connectivity index (χ0) is 20.4. The van der Waals surface area contributed by atoms with Crippen LogP contribution in [0.25, 0.3) is 0 Å². The Labute approximate surface area is 170 Å². The number of hydrogen-bond acceptors (Lipinski definition) is 3. The number of amides is 2. The third kappa shape index (κ3) is 4.09. The molecule has 1 atom stereocenters. The number of aromatic amines is 1. The van der Waals surface area contributed by atoms with Gasteiger partial charge in [0.1, 0.15) is 19.6 Å². The number of fused-ring (bicyclic) bond motifs is 1. The molecule has 2 amide bonds. The second-order valence-electron chi connectivity index (χ2n) is 7.53. The van der Waals surface area contributed by atoms with Gasteiger partial charge in [0.15, 0.2) is 0 Å². The average molecular weight is 386 g/mol. The summed E-state index contributed by atoms with van der Waals surface area (Å²) in [6.45, 7) is 0. The summed E-state index contributed by atoms with van der Waals surface area (Å²) in [6, 6.07) is 17.2. The highest BCUT2D eigenvalue weighted by molar-refractivity contribution is 6.32. The molecule has 0 aliphatic carbocycles. The van der Waals surface area contributed by atoms with Gasteiger partial charge < -0.3 is 10.2 Å². The van der Waals surface area contributed by atoms with Crippen molar-refractivity contribution < 1.29 is 9.59 Å². The molecular formula is C22H23BN4O2. The summed E-state index contributed by atoms with van der Waals surface area (Å²) in [5.74, 6) is -0.449. The van der Waals surface area contributed by atoms with Crippen LogP contribution in [0.3, 0.4) is 0 Å². The molecule has 6 nitrogen and oxygen atoms in total. The van der Waals surface area contributed by atoms with Gasteiger partial charge in [0.25, 0.3) is 5.91 Å². The molecule has 0 spiro atoms. The number of nitrogens with one attached hydrogen (secondary N) is 2. The number of benzene rings is 2. The predicted molar refractivity (Wildman–Crippen MR) is 115 cm³/mol. The van der Waals surface area contributed by atoms with Gasteiger partial charge in [0.2, 0.25) is 5.91 Å². The Morgan fingerprint density at radius 3 is 2.83 bits per heavy atom. The van der Waals surface area contributed by atoms with Gasteiger partial charge in [-0.25, -0.2) is 0 Å². The van der Waals surface area contributed by atoms with Crippen molar-refractivity contribution in [2.24, 2.45) is 0 Å². The summed E-state index contributed by atoms with van der Waals surface area (Å²) in [5, 5.41) is 9.92. The maximum absolute atomic E-state index is 12.9. The van der Waals surface area contributed by atoms with Gasteiger partial charge in [0.05, 0.1) is 0 Å². The lowest BCUT2D eigenvalue weighted by Crippen LogP contribution is -2.46. The van der Waals surface area contributed by atoms with Gasteiger partial charge in [-0.3, -0.25) is 14.7 Å². The summed E-state index contributed by atoms with van der Waals surface area (Å²) in [7, 11) is 3.80. The number of aromatic nitrogens is 2. The molecule has 2 aromatic carbocycles. The fourth-order valence-electron chi connectivity index (χ4n) is 3.77. The zero-order valence-electron chi connectivity index (χ0n) is 16.6. The monoisotopic (exact) mass is 386 g/mol. The molecule has 0 saturated carbocycles. The summed E-state index contributed by atoms with van der Waals surface area (Å²) in [5.41, 5.74) is 5.48. The van der Waals surface area contributed by atoms with Crippen LogP contribution in [0.15, 0.2) is 54.6 Å². The summed E-state index contributed by atoms with van der Waals surface area (Å²) >= 11 is 0. The van der Waals surface area contributed by atoms with E-state index < -0.39 is 6.04 Å². The minimum absolute atomic E-state index is 0.110. The summed E-state index contributed by atoms with van der Waals surface area (Å²) in [6.07, 6.45) is 1.96. The first-order chi connectivity index (χ1) is 14.0. The molecule has 7 heteroatoms. The average Bonchev–Trinajstić information content (AvgIpc) is 3.15. The molecule has 1 aliphatic rings. The number of carbonyl (C=O) groups excluding carboxylic acids is 2. The van der Waals surface area contributed by atoms with E-state index in [1.54, 1.807) is 18.0 Å². The van der Waals surface area contributed by atoms with Gasteiger partial charge in [-0.1, -0.05) is 47.9 Å². The molecular weight excluding hydrogens is 363 g/mol. The second-order valence-corrected chi connectivity index (χ2v) is 7.53. The highest BCUT2D eigenvalue weighted by atomic mass is 16.2. The number of aryl methyl sites for hydroxylation is 1. The van der Waals surface area contributed by atoms with Crippen molar-refractivity contribution in [3.8, 4) is 0 Å². The second kappa shape index (κ2) is 7.95. The summed E-state index contributed by atoms with van der Waals surface area (Å²) < 4.78 is 0. The standard InChI is InChI=1S/C22H23BN4O2/c1-27-20-10-8-16(23)12-15(20)7-9-18(22(27)29)24-21(28)19-13-17(25-26-19)11-14-5-3-2-4-6-14/h2-6,8,10,12-13,18H,7,9,11,23H2,1H3,(H,24,28)(H,25,26)/t18-/m0/s1. The van der Waals surface area contributed by atoms with Gasteiger partial charge in [-0.2, -0.15) is 5.10 Å². The quantitative estimate of drug-likeness (QED) is 0.656. The maximum Gasteiger partial charge on any atom is 0.272 e. The molecule has 1 aromatic heterocycles. The SMILES string of the molecule is Bc1ccc2c(c1)CC[C@H](NC(=O)c1cc(Cc3ccccc3)[nH]n1)C(=O)N2C. The first-order valence-corrected chi connectivity index (χ1v) is 9.77. The maximum atomic E-state index is 12.9. The van der Waals surface area contributed by atoms with E-state index in [-0.39, 0.29) is 11.8 Å². The van der Waals surface area contributed by atoms with E-state index in [2.05, 4.69) is 21.6 Å². The Hall–Kier alpha value is -3.35. The molecule has 2 N–H and O–H groups in total. The lowest BCUT2D eigenvalue weighted by molar-refractivity contribution is -0.120. The van der Waals surface area contributed by atoms with Crippen LogP contribution in [-0.2, 0) is 17.6 Å². The first-order valence-electron chi connectivity index (χ1n) is 9.77. The van der Waals surface area contributed by atoms with Gasteiger partial charge in [0, 0.05) is 24.8 Å². The van der Waals surface area contributed by atoms with E-state index >= 15 is 0 Å². The van der Waals surface area contributed by atoms with E-state index in [4.69, 9.17) is 0 Å². The lowest BCUT2D eigenvalue weighted by atomic mass is 9.92. The first kappa shape index (κ1) is 19.0. The Morgan fingerprint density at radius 1 is 1.24 bits per heavy atom. The van der Waals surface area contributed by atoms with Crippen molar-refractivity contribution in [1.82, 2.24) is 15.5 Å². The number of carbonyl (C=O) groups is 2. The predicted octanol–water partition coefficient (Wildman–Crippen LogP) is 0.966.